The van der Waals surface area contributed by atoms with Gasteiger partial charge >= 0.3 is 6.09 Å². The first-order valence-corrected chi connectivity index (χ1v) is 12.5. The molecule has 3 aromatic rings. The lowest BCUT2D eigenvalue weighted by Crippen LogP contribution is -2.49. The third-order valence-corrected chi connectivity index (χ3v) is 6.23. The Morgan fingerprint density at radius 1 is 1.00 bits per heavy atom. The first-order valence-electron chi connectivity index (χ1n) is 10.4. The van der Waals surface area contributed by atoms with Gasteiger partial charge in [-0.3, -0.25) is 9.52 Å². The van der Waals surface area contributed by atoms with Crippen LogP contribution in [0, 0.1) is 6.92 Å². The zero-order valence-electron chi connectivity index (χ0n) is 18.7. The molecule has 9 nitrogen and oxygen atoms in total. The van der Waals surface area contributed by atoms with Crippen LogP contribution in [0.5, 0.6) is 0 Å². The molecule has 11 heteroatoms. The smallest absolute Gasteiger partial charge is 0.407 e. The number of methoxy groups -OCH3 is 1. The average molecular weight is 503 g/mol. The number of benzene rings is 2. The number of thiol groups is 1. The van der Waals surface area contributed by atoms with Crippen molar-refractivity contribution >= 4 is 39.9 Å². The Kier molecular flexibility index (Phi) is 9.00. The number of nitrogens with one attached hydrogen (secondary N) is 3. The maximum absolute atomic E-state index is 13.3. The fourth-order valence-corrected chi connectivity index (χ4v) is 4.39. The molecule has 34 heavy (non-hydrogen) atoms. The molecule has 180 valence electrons. The van der Waals surface area contributed by atoms with E-state index in [0.717, 1.165) is 16.1 Å². The molecule has 1 heterocycles. The first-order chi connectivity index (χ1) is 16.3. The summed E-state index contributed by atoms with van der Waals surface area (Å²) in [5.74, 6) is -0.369. The monoisotopic (exact) mass is 502 g/mol. The summed E-state index contributed by atoms with van der Waals surface area (Å²) in [6.45, 7) is 1.88. The van der Waals surface area contributed by atoms with E-state index in [1.54, 1.807) is 24.3 Å². The normalized spacial score (nSPS) is 12.6. The Labute approximate surface area is 203 Å². The average Bonchev–Trinajstić information content (AvgIpc) is 3.25. The zero-order chi connectivity index (χ0) is 24.5. The van der Waals surface area contributed by atoms with E-state index in [4.69, 9.17) is 4.74 Å². The standard InChI is InChI=1S/C23H26N4O5S2/c1-15-24-21(14-33-15)19(12-17-8-10-18(11-9-17)27-34(30)31)25-22(28)20(26-23(29)32-2)13-16-6-4-3-5-7-16/h3-11,14,19-20,34H,12-13H2,1-2H3,(H,25,28)(H,26,29)(H,27,30,31)/t19-,20-/m0/s1. The molecular weight excluding hydrogens is 476 g/mol. The van der Waals surface area contributed by atoms with E-state index in [0.29, 0.717) is 24.2 Å². The number of nitrogens with zero attached hydrogens (tertiary/aromatic N) is 1. The minimum absolute atomic E-state index is 0.290. The summed E-state index contributed by atoms with van der Waals surface area (Å²) in [5.41, 5.74) is 2.93. The van der Waals surface area contributed by atoms with Gasteiger partial charge in [0.1, 0.15) is 6.04 Å². The molecule has 0 saturated carbocycles. The largest absolute Gasteiger partial charge is 0.453 e. The predicted octanol–water partition coefficient (Wildman–Crippen LogP) is 2.76. The third-order valence-electron chi connectivity index (χ3n) is 5.00. The lowest BCUT2D eigenvalue weighted by Gasteiger charge is -2.23. The quantitative estimate of drug-likeness (QED) is 0.316. The van der Waals surface area contributed by atoms with Crippen molar-refractivity contribution in [3.05, 3.63) is 81.8 Å². The summed E-state index contributed by atoms with van der Waals surface area (Å²) in [6.07, 6.45) is 0.0183. The fraction of sp³-hybridized carbons (Fsp3) is 0.261. The van der Waals surface area contributed by atoms with E-state index >= 15 is 0 Å². The number of anilines is 1. The number of aromatic nitrogens is 1. The summed E-state index contributed by atoms with van der Waals surface area (Å²) in [7, 11) is -1.50. The van der Waals surface area contributed by atoms with Crippen molar-refractivity contribution in [1.82, 2.24) is 15.6 Å². The summed E-state index contributed by atoms with van der Waals surface area (Å²) in [4.78, 5) is 29.7. The van der Waals surface area contributed by atoms with Crippen LogP contribution in [0.3, 0.4) is 0 Å². The van der Waals surface area contributed by atoms with Gasteiger partial charge in [-0.25, -0.2) is 18.2 Å². The number of alkyl carbamates (subject to hydrolysis) is 1. The van der Waals surface area contributed by atoms with E-state index < -0.39 is 29.1 Å². The number of aryl methyl sites for hydroxylation is 1. The second kappa shape index (κ2) is 12.1. The van der Waals surface area contributed by atoms with Gasteiger partial charge in [-0.05, 0) is 36.6 Å². The summed E-state index contributed by atoms with van der Waals surface area (Å²) >= 11 is 1.48. The molecular formula is C23H26N4O5S2. The SMILES string of the molecule is COC(=O)N[C@@H](Cc1ccccc1)C(=O)N[C@@H](Cc1ccc(N[SH](=O)=O)cc1)c1csc(C)n1. The molecule has 0 fully saturated rings. The van der Waals surface area contributed by atoms with Crippen molar-refractivity contribution in [3.8, 4) is 0 Å². The van der Waals surface area contributed by atoms with E-state index in [1.807, 2.05) is 42.6 Å². The molecule has 0 bridgehead atoms. The highest BCUT2D eigenvalue weighted by Gasteiger charge is 2.26. The van der Waals surface area contributed by atoms with Crippen LogP contribution in [0.1, 0.15) is 27.9 Å². The first kappa shape index (κ1) is 25.2. The Morgan fingerprint density at radius 2 is 1.68 bits per heavy atom. The second-order valence-corrected chi connectivity index (χ2v) is 9.30. The number of hydrogen-bond donors (Lipinski definition) is 4. The maximum Gasteiger partial charge on any atom is 0.407 e. The van der Waals surface area contributed by atoms with Gasteiger partial charge in [-0.15, -0.1) is 11.3 Å². The second-order valence-electron chi connectivity index (χ2n) is 7.50. The number of carbonyl (C=O) groups is 2. The van der Waals surface area contributed by atoms with Crippen LogP contribution in [0.25, 0.3) is 0 Å². The van der Waals surface area contributed by atoms with Crippen LogP contribution >= 0.6 is 11.3 Å². The van der Waals surface area contributed by atoms with Crippen LogP contribution in [0.15, 0.2) is 60.0 Å². The van der Waals surface area contributed by atoms with Crippen molar-refractivity contribution in [3.63, 3.8) is 0 Å². The molecule has 0 radical (unpaired) electrons. The Bertz CT molecular complexity index is 1170. The molecule has 0 aliphatic carbocycles. The summed E-state index contributed by atoms with van der Waals surface area (Å²) in [6, 6.07) is 14.9. The number of hydrogen-bond acceptors (Lipinski definition) is 7. The number of thiazole rings is 1. The number of carbonyl (C=O) groups excluding carboxylic acids is 2. The maximum atomic E-state index is 13.3. The zero-order valence-corrected chi connectivity index (χ0v) is 20.4. The molecule has 0 aliphatic rings. The molecule has 2 aromatic carbocycles. The molecule has 1 aromatic heterocycles. The fourth-order valence-electron chi connectivity index (χ4n) is 3.36. The number of rotatable bonds is 10. The van der Waals surface area contributed by atoms with Gasteiger partial charge in [-0.2, -0.15) is 0 Å². The van der Waals surface area contributed by atoms with Crippen molar-refractivity contribution in [1.29, 1.82) is 0 Å². The van der Waals surface area contributed by atoms with Gasteiger partial charge < -0.3 is 15.4 Å². The molecule has 0 unspecified atom stereocenters. The molecule has 2 amide bonds. The number of ether oxygens (including phenoxy) is 1. The Hall–Kier alpha value is -3.44. The van der Waals surface area contributed by atoms with Gasteiger partial charge in [0, 0.05) is 17.5 Å². The molecule has 2 atom stereocenters. The third kappa shape index (κ3) is 7.56. The van der Waals surface area contributed by atoms with E-state index in [1.165, 1.54) is 18.4 Å². The van der Waals surface area contributed by atoms with Crippen LogP contribution in [0.2, 0.25) is 0 Å². The van der Waals surface area contributed by atoms with Crippen LogP contribution in [-0.2, 0) is 33.3 Å². The highest BCUT2D eigenvalue weighted by Crippen LogP contribution is 2.22. The lowest BCUT2D eigenvalue weighted by atomic mass is 10.0. The van der Waals surface area contributed by atoms with Gasteiger partial charge in [-0.1, -0.05) is 42.5 Å². The van der Waals surface area contributed by atoms with Crippen molar-refractivity contribution in [2.24, 2.45) is 0 Å². The van der Waals surface area contributed by atoms with Crippen LogP contribution < -0.4 is 15.4 Å². The highest BCUT2D eigenvalue weighted by molar-refractivity contribution is 7.73. The van der Waals surface area contributed by atoms with E-state index in [2.05, 4.69) is 20.3 Å². The molecule has 0 aliphatic heterocycles. The van der Waals surface area contributed by atoms with E-state index in [-0.39, 0.29) is 5.91 Å². The van der Waals surface area contributed by atoms with Gasteiger partial charge in [0.25, 0.3) is 0 Å². The van der Waals surface area contributed by atoms with Gasteiger partial charge in [0.05, 0.1) is 23.9 Å². The predicted molar refractivity (Wildman–Crippen MR) is 131 cm³/mol. The van der Waals surface area contributed by atoms with Crippen LogP contribution in [-0.4, -0.2) is 38.6 Å². The minimum Gasteiger partial charge on any atom is -0.453 e. The summed E-state index contributed by atoms with van der Waals surface area (Å²) < 4.78 is 28.8. The molecule has 0 spiro atoms. The van der Waals surface area contributed by atoms with Crippen molar-refractivity contribution in [2.75, 3.05) is 11.8 Å². The number of amides is 2. The highest BCUT2D eigenvalue weighted by atomic mass is 32.2. The van der Waals surface area contributed by atoms with E-state index in [9.17, 15) is 18.0 Å². The van der Waals surface area contributed by atoms with Crippen molar-refractivity contribution < 1.29 is 22.7 Å². The van der Waals surface area contributed by atoms with Crippen LogP contribution in [0.4, 0.5) is 10.5 Å². The molecule has 0 saturated heterocycles. The van der Waals surface area contributed by atoms with Crippen molar-refractivity contribution in [2.45, 2.75) is 31.8 Å². The minimum atomic E-state index is -2.75. The lowest BCUT2D eigenvalue weighted by molar-refractivity contribution is -0.123. The van der Waals surface area contributed by atoms with Gasteiger partial charge in [0.15, 0.2) is 0 Å². The Morgan fingerprint density at radius 3 is 2.26 bits per heavy atom. The Balaban J connectivity index is 1.80. The molecule has 3 N–H and O–H groups in total. The summed E-state index contributed by atoms with van der Waals surface area (Å²) in [5, 5.41) is 8.37. The van der Waals surface area contributed by atoms with Gasteiger partial charge in [0.2, 0.25) is 16.8 Å². The molecule has 3 rings (SSSR count). The topological polar surface area (TPSA) is 126 Å².